The zero-order chi connectivity index (χ0) is 22.1. The van der Waals surface area contributed by atoms with Gasteiger partial charge in [0.2, 0.25) is 11.0 Å². The number of hydrogen-bond donors (Lipinski definition) is 2. The summed E-state index contributed by atoms with van der Waals surface area (Å²) in [5.41, 5.74) is 1.56. The van der Waals surface area contributed by atoms with Crippen molar-refractivity contribution in [2.24, 2.45) is 0 Å². The van der Waals surface area contributed by atoms with Gasteiger partial charge in [-0.05, 0) is 30.2 Å². The highest BCUT2D eigenvalue weighted by Gasteiger charge is 2.10. The molecule has 0 aliphatic heterocycles. The van der Waals surface area contributed by atoms with E-state index in [0.29, 0.717) is 33.1 Å². The summed E-state index contributed by atoms with van der Waals surface area (Å²) in [6, 6.07) is 12.2. The molecule has 0 saturated heterocycles. The average molecular weight is 463 g/mol. The second-order valence-corrected chi connectivity index (χ2v) is 8.60. The van der Waals surface area contributed by atoms with Crippen LogP contribution in [0.15, 0.2) is 46.8 Å². The van der Waals surface area contributed by atoms with Crippen molar-refractivity contribution in [1.29, 1.82) is 0 Å². The molecule has 0 unspecified atom stereocenters. The van der Waals surface area contributed by atoms with Gasteiger partial charge in [-0.15, -0.1) is 10.2 Å². The van der Waals surface area contributed by atoms with Crippen LogP contribution in [-0.2, 0) is 17.8 Å². The molecule has 1 heterocycles. The van der Waals surface area contributed by atoms with Crippen LogP contribution in [0.3, 0.4) is 0 Å². The molecule has 2 N–H and O–H groups in total. The van der Waals surface area contributed by atoms with Gasteiger partial charge in [-0.1, -0.05) is 47.4 Å². The van der Waals surface area contributed by atoms with Gasteiger partial charge >= 0.3 is 0 Å². The molecule has 0 aliphatic rings. The van der Waals surface area contributed by atoms with Crippen molar-refractivity contribution in [3.63, 3.8) is 0 Å². The predicted octanol–water partition coefficient (Wildman–Crippen LogP) is 3.76. The largest absolute Gasteiger partial charge is 0.493 e. The molecule has 1 aromatic heterocycles. The molecule has 7 nitrogen and oxygen atoms in total. The number of aromatic nitrogens is 2. The topological polar surface area (TPSA) is 85.4 Å². The van der Waals surface area contributed by atoms with Gasteiger partial charge in [0.05, 0.1) is 20.0 Å². The lowest BCUT2D eigenvalue weighted by Gasteiger charge is -2.09. The summed E-state index contributed by atoms with van der Waals surface area (Å²) in [5, 5.41) is 14.8. The van der Waals surface area contributed by atoms with Crippen LogP contribution in [-0.4, -0.2) is 42.6 Å². The molecule has 1 amide bonds. The fourth-order valence-corrected chi connectivity index (χ4v) is 4.31. The van der Waals surface area contributed by atoms with Crippen LogP contribution in [0.5, 0.6) is 11.5 Å². The Labute approximate surface area is 188 Å². The Bertz CT molecular complexity index is 1020. The number of hydrogen-bond acceptors (Lipinski definition) is 8. The minimum absolute atomic E-state index is 0.158. The molecule has 0 aliphatic carbocycles. The second-order valence-electron chi connectivity index (χ2n) is 6.40. The maximum absolute atomic E-state index is 13.6. The molecule has 31 heavy (non-hydrogen) atoms. The van der Waals surface area contributed by atoms with Gasteiger partial charge in [0.1, 0.15) is 5.82 Å². The molecule has 0 saturated carbocycles. The molecule has 0 radical (unpaired) electrons. The maximum Gasteiger partial charge on any atom is 0.230 e. The summed E-state index contributed by atoms with van der Waals surface area (Å²) in [7, 11) is 3.22. The van der Waals surface area contributed by atoms with E-state index >= 15 is 0 Å². The lowest BCUT2D eigenvalue weighted by atomic mass is 10.1. The molecule has 10 heteroatoms. The molecular weight excluding hydrogens is 439 g/mol. The second kappa shape index (κ2) is 11.5. The number of benzene rings is 2. The highest BCUT2D eigenvalue weighted by molar-refractivity contribution is 8.01. The highest BCUT2D eigenvalue weighted by Crippen LogP contribution is 2.28. The lowest BCUT2D eigenvalue weighted by Crippen LogP contribution is -2.24. The van der Waals surface area contributed by atoms with E-state index in [2.05, 4.69) is 20.8 Å². The third-order valence-corrected chi connectivity index (χ3v) is 6.32. The highest BCUT2D eigenvalue weighted by atomic mass is 32.2. The Hall–Kier alpha value is -2.85. The third-order valence-electron chi connectivity index (χ3n) is 4.30. The molecule has 0 spiro atoms. The Morgan fingerprint density at radius 2 is 1.94 bits per heavy atom. The van der Waals surface area contributed by atoms with Crippen LogP contribution in [0.1, 0.15) is 11.1 Å². The van der Waals surface area contributed by atoms with Crippen molar-refractivity contribution >= 4 is 34.1 Å². The summed E-state index contributed by atoms with van der Waals surface area (Å²) >= 11 is 2.68. The fourth-order valence-electron chi connectivity index (χ4n) is 2.70. The monoisotopic (exact) mass is 462 g/mol. The average Bonchev–Trinajstić information content (AvgIpc) is 3.24. The van der Waals surface area contributed by atoms with E-state index in [0.717, 1.165) is 12.0 Å². The maximum atomic E-state index is 13.6. The van der Waals surface area contributed by atoms with Crippen molar-refractivity contribution in [1.82, 2.24) is 15.5 Å². The van der Waals surface area contributed by atoms with Gasteiger partial charge in [-0.25, -0.2) is 4.39 Å². The van der Waals surface area contributed by atoms with Gasteiger partial charge in [-0.2, -0.15) is 0 Å². The molecule has 2 aromatic carbocycles. The van der Waals surface area contributed by atoms with E-state index in [1.54, 1.807) is 32.4 Å². The number of halogens is 1. The van der Waals surface area contributed by atoms with E-state index in [1.807, 2.05) is 18.2 Å². The lowest BCUT2D eigenvalue weighted by molar-refractivity contribution is -0.118. The SMILES string of the molecule is COc1ccc(CCNc2nnc(SCC(=O)NCc3ccccc3F)s2)cc1OC. The van der Waals surface area contributed by atoms with Gasteiger partial charge in [0, 0.05) is 18.7 Å². The van der Waals surface area contributed by atoms with Crippen molar-refractivity contribution in [2.75, 3.05) is 31.8 Å². The van der Waals surface area contributed by atoms with Crippen LogP contribution >= 0.6 is 23.1 Å². The van der Waals surface area contributed by atoms with E-state index in [-0.39, 0.29) is 24.0 Å². The Kier molecular flexibility index (Phi) is 8.48. The summed E-state index contributed by atoms with van der Waals surface area (Å²) in [5.74, 6) is 1.06. The Balaban J connectivity index is 1.40. The first kappa shape index (κ1) is 22.8. The first-order chi connectivity index (χ1) is 15.1. The molecular formula is C21H23FN4O3S2. The third kappa shape index (κ3) is 6.83. The standard InChI is InChI=1S/C21H23FN4O3S2/c1-28-17-8-7-14(11-18(17)29-2)9-10-23-20-25-26-21(31-20)30-13-19(27)24-12-15-5-3-4-6-16(15)22/h3-8,11H,9-10,12-13H2,1-2H3,(H,23,25)(H,24,27). The number of carbonyl (C=O) groups excluding carboxylic acids is 1. The summed E-state index contributed by atoms with van der Waals surface area (Å²) in [6.45, 7) is 0.836. The molecule has 3 rings (SSSR count). The van der Waals surface area contributed by atoms with Crippen LogP contribution in [0.4, 0.5) is 9.52 Å². The number of rotatable bonds is 11. The predicted molar refractivity (Wildman–Crippen MR) is 121 cm³/mol. The van der Waals surface area contributed by atoms with Crippen LogP contribution in [0, 0.1) is 5.82 Å². The van der Waals surface area contributed by atoms with E-state index < -0.39 is 0 Å². The summed E-state index contributed by atoms with van der Waals surface area (Å²) in [4.78, 5) is 12.0. The van der Waals surface area contributed by atoms with Crippen molar-refractivity contribution in [3.8, 4) is 11.5 Å². The first-order valence-corrected chi connectivity index (χ1v) is 11.3. The van der Waals surface area contributed by atoms with Crippen LogP contribution < -0.4 is 20.1 Å². The van der Waals surface area contributed by atoms with E-state index in [9.17, 15) is 9.18 Å². The van der Waals surface area contributed by atoms with Crippen LogP contribution in [0.2, 0.25) is 0 Å². The number of nitrogens with zero attached hydrogens (tertiary/aromatic N) is 2. The van der Waals surface area contributed by atoms with Gasteiger partial charge < -0.3 is 20.1 Å². The molecule has 3 aromatic rings. The van der Waals surface area contributed by atoms with Gasteiger partial charge in [0.15, 0.2) is 15.8 Å². The smallest absolute Gasteiger partial charge is 0.230 e. The van der Waals surface area contributed by atoms with Crippen LogP contribution in [0.25, 0.3) is 0 Å². The Morgan fingerprint density at radius 1 is 1.13 bits per heavy atom. The number of nitrogens with one attached hydrogen (secondary N) is 2. The zero-order valence-corrected chi connectivity index (χ0v) is 18.8. The zero-order valence-electron chi connectivity index (χ0n) is 17.2. The van der Waals surface area contributed by atoms with Crippen molar-refractivity contribution in [2.45, 2.75) is 17.3 Å². The first-order valence-electron chi connectivity index (χ1n) is 9.50. The molecule has 0 atom stereocenters. The minimum atomic E-state index is -0.330. The number of carbonyl (C=O) groups is 1. The Morgan fingerprint density at radius 3 is 2.71 bits per heavy atom. The van der Waals surface area contributed by atoms with Gasteiger partial charge in [-0.3, -0.25) is 4.79 Å². The number of anilines is 1. The van der Waals surface area contributed by atoms with E-state index in [1.165, 1.54) is 29.2 Å². The number of ether oxygens (including phenoxy) is 2. The van der Waals surface area contributed by atoms with Gasteiger partial charge in [0.25, 0.3) is 0 Å². The summed E-state index contributed by atoms with van der Waals surface area (Å²) < 4.78 is 24.8. The quantitative estimate of drug-likeness (QED) is 0.420. The normalized spacial score (nSPS) is 10.5. The molecule has 0 fully saturated rings. The van der Waals surface area contributed by atoms with Crippen molar-refractivity contribution in [3.05, 3.63) is 59.4 Å². The number of methoxy groups -OCH3 is 2. The number of thioether (sulfide) groups is 1. The molecule has 0 bridgehead atoms. The van der Waals surface area contributed by atoms with E-state index in [4.69, 9.17) is 9.47 Å². The fraction of sp³-hybridized carbons (Fsp3) is 0.286. The summed E-state index contributed by atoms with van der Waals surface area (Å²) in [6.07, 6.45) is 0.779. The number of amides is 1. The minimum Gasteiger partial charge on any atom is -0.493 e. The van der Waals surface area contributed by atoms with Crippen molar-refractivity contribution < 1.29 is 18.7 Å². The molecule has 164 valence electrons.